The van der Waals surface area contributed by atoms with Crippen molar-refractivity contribution in [2.75, 3.05) is 0 Å². The normalized spacial score (nSPS) is 54.0. The van der Waals surface area contributed by atoms with Crippen molar-refractivity contribution in [2.45, 2.75) is 24.4 Å². The Morgan fingerprint density at radius 2 is 2.00 bits per heavy atom. The van der Waals surface area contributed by atoms with Crippen LogP contribution in [0.2, 0.25) is 0 Å². The topological polar surface area (TPSA) is 0 Å². The molecule has 0 radical (unpaired) electrons. The first kappa shape index (κ1) is 5.04. The van der Waals surface area contributed by atoms with Gasteiger partial charge in [-0.15, -0.1) is 0 Å². The number of alkyl halides is 2. The molecule has 2 heteroatoms. The first-order valence-corrected chi connectivity index (χ1v) is 3.46. The number of halogens is 2. The van der Waals surface area contributed by atoms with E-state index in [1.54, 1.807) is 0 Å². The molecule has 2 aliphatic rings. The summed E-state index contributed by atoms with van der Waals surface area (Å²) in [7, 11) is 0. The van der Waals surface area contributed by atoms with Crippen molar-refractivity contribution >= 4 is 11.6 Å². The van der Waals surface area contributed by atoms with Crippen molar-refractivity contribution in [3.8, 4) is 0 Å². The molecule has 0 nitrogen and oxygen atoms in total. The zero-order valence-electron chi connectivity index (χ0n) is 4.53. The van der Waals surface area contributed by atoms with Gasteiger partial charge >= 0.3 is 0 Å². The van der Waals surface area contributed by atoms with Crippen molar-refractivity contribution in [2.24, 2.45) is 11.8 Å². The van der Waals surface area contributed by atoms with Gasteiger partial charge in [0.1, 0.15) is 0 Å². The summed E-state index contributed by atoms with van der Waals surface area (Å²) in [4.78, 5) is 0. The van der Waals surface area contributed by atoms with Crippen LogP contribution in [0.25, 0.3) is 0 Å². The van der Waals surface area contributed by atoms with Gasteiger partial charge in [-0.1, -0.05) is 11.6 Å². The predicted octanol–water partition coefficient (Wildman–Crippen LogP) is 2.32. The first-order valence-electron chi connectivity index (χ1n) is 3.08. The Balaban J connectivity index is 1.95. The van der Waals surface area contributed by atoms with Crippen molar-refractivity contribution in [3.63, 3.8) is 0 Å². The van der Waals surface area contributed by atoms with Crippen LogP contribution in [0.5, 0.6) is 0 Å². The van der Waals surface area contributed by atoms with Crippen LogP contribution in [-0.4, -0.2) is 5.13 Å². The maximum absolute atomic E-state index is 12.5. The lowest BCUT2D eigenvalue weighted by atomic mass is 10.3. The minimum absolute atomic E-state index is 0.226. The summed E-state index contributed by atoms with van der Waals surface area (Å²) in [5.74, 6) is 0.877. The van der Waals surface area contributed by atoms with E-state index in [4.69, 9.17) is 11.6 Å². The molecule has 0 amide bonds. The van der Waals surface area contributed by atoms with Gasteiger partial charge in [0.25, 0.3) is 0 Å². The molecule has 2 aliphatic carbocycles. The van der Waals surface area contributed by atoms with Crippen molar-refractivity contribution in [3.05, 3.63) is 0 Å². The van der Waals surface area contributed by atoms with E-state index in [9.17, 15) is 4.39 Å². The SMILES string of the molecule is FC1(Cl)CC1C1CC1. The molecule has 0 saturated heterocycles. The van der Waals surface area contributed by atoms with Gasteiger partial charge in [-0.25, -0.2) is 4.39 Å². The summed E-state index contributed by atoms with van der Waals surface area (Å²) in [5.41, 5.74) is 0. The molecule has 2 rings (SSSR count). The first-order chi connectivity index (χ1) is 3.70. The zero-order valence-corrected chi connectivity index (χ0v) is 5.29. The van der Waals surface area contributed by atoms with Crippen molar-refractivity contribution < 1.29 is 4.39 Å². The molecule has 46 valence electrons. The lowest BCUT2D eigenvalue weighted by molar-refractivity contribution is 0.382. The summed E-state index contributed by atoms with van der Waals surface area (Å²) < 4.78 is 12.5. The molecule has 0 N–H and O–H groups in total. The van der Waals surface area contributed by atoms with E-state index in [1.807, 2.05) is 0 Å². The molecule has 0 heterocycles. The largest absolute Gasteiger partial charge is 0.226 e. The maximum atomic E-state index is 12.5. The number of hydrogen-bond acceptors (Lipinski definition) is 0. The Kier molecular flexibility index (Phi) is 0.760. The second-order valence-corrected chi connectivity index (χ2v) is 3.54. The fraction of sp³-hybridized carbons (Fsp3) is 1.00. The molecule has 8 heavy (non-hydrogen) atoms. The van der Waals surface area contributed by atoms with Gasteiger partial charge < -0.3 is 0 Å². The number of hydrogen-bond donors (Lipinski definition) is 0. The summed E-state index contributed by atoms with van der Waals surface area (Å²) >= 11 is 5.38. The van der Waals surface area contributed by atoms with E-state index in [0.29, 0.717) is 12.3 Å². The van der Waals surface area contributed by atoms with E-state index in [2.05, 4.69) is 0 Å². The molecule has 0 spiro atoms. The quantitative estimate of drug-likeness (QED) is 0.483. The minimum Gasteiger partial charge on any atom is -0.226 e. The van der Waals surface area contributed by atoms with Gasteiger partial charge in [0, 0.05) is 12.3 Å². The zero-order chi connectivity index (χ0) is 5.78. The van der Waals surface area contributed by atoms with E-state index in [1.165, 1.54) is 12.8 Å². The molecule has 2 saturated carbocycles. The highest BCUT2D eigenvalue weighted by Crippen LogP contribution is 2.61. The maximum Gasteiger partial charge on any atom is 0.187 e. The van der Waals surface area contributed by atoms with Gasteiger partial charge in [0.2, 0.25) is 0 Å². The lowest BCUT2D eigenvalue weighted by Crippen LogP contribution is -1.92. The van der Waals surface area contributed by atoms with Crippen LogP contribution in [0, 0.1) is 11.8 Å². The molecule has 0 aromatic heterocycles. The molecule has 2 atom stereocenters. The van der Waals surface area contributed by atoms with Gasteiger partial charge in [0.05, 0.1) is 0 Å². The Hall–Kier alpha value is 0.220. The van der Waals surface area contributed by atoms with Crippen LogP contribution >= 0.6 is 11.6 Å². The fourth-order valence-electron chi connectivity index (χ4n) is 1.24. The van der Waals surface area contributed by atoms with E-state index < -0.39 is 5.13 Å². The van der Waals surface area contributed by atoms with E-state index >= 15 is 0 Å². The summed E-state index contributed by atoms with van der Waals surface area (Å²) in [6.45, 7) is 0. The van der Waals surface area contributed by atoms with Crippen molar-refractivity contribution in [1.82, 2.24) is 0 Å². The molecule has 2 fully saturated rings. The van der Waals surface area contributed by atoms with Crippen LogP contribution in [-0.2, 0) is 0 Å². The van der Waals surface area contributed by atoms with Crippen LogP contribution < -0.4 is 0 Å². The molecule has 0 aromatic rings. The smallest absolute Gasteiger partial charge is 0.187 e. The van der Waals surface area contributed by atoms with Crippen LogP contribution in [0.3, 0.4) is 0 Å². The Morgan fingerprint density at radius 1 is 1.50 bits per heavy atom. The summed E-state index contributed by atoms with van der Waals surface area (Å²) in [5, 5.41) is -1.28. The highest BCUT2D eigenvalue weighted by molar-refractivity contribution is 6.25. The van der Waals surface area contributed by atoms with Crippen LogP contribution in [0.4, 0.5) is 4.39 Å². The third kappa shape index (κ3) is 0.644. The van der Waals surface area contributed by atoms with Gasteiger partial charge in [-0.2, -0.15) is 0 Å². The monoisotopic (exact) mass is 134 g/mol. The second-order valence-electron chi connectivity index (χ2n) is 2.91. The molecular weight excluding hydrogens is 127 g/mol. The molecular formula is C6H8ClF. The molecule has 2 unspecified atom stereocenters. The third-order valence-corrected chi connectivity index (χ3v) is 2.50. The second kappa shape index (κ2) is 1.21. The average Bonchev–Trinajstić information content (AvgIpc) is 2.37. The molecule has 0 aromatic carbocycles. The van der Waals surface area contributed by atoms with Gasteiger partial charge in [-0.3, -0.25) is 0 Å². The summed E-state index contributed by atoms with van der Waals surface area (Å²) in [6, 6.07) is 0. The van der Waals surface area contributed by atoms with Crippen LogP contribution in [0.1, 0.15) is 19.3 Å². The van der Waals surface area contributed by atoms with Crippen molar-refractivity contribution in [1.29, 1.82) is 0 Å². The van der Waals surface area contributed by atoms with Crippen LogP contribution in [0.15, 0.2) is 0 Å². The highest BCUT2D eigenvalue weighted by Gasteiger charge is 2.60. The molecule has 0 bridgehead atoms. The highest BCUT2D eigenvalue weighted by atomic mass is 35.5. The summed E-state index contributed by atoms with van der Waals surface area (Å²) in [6.07, 6.45) is 3.03. The minimum atomic E-state index is -1.28. The lowest BCUT2D eigenvalue weighted by Gasteiger charge is -1.90. The Morgan fingerprint density at radius 3 is 2.12 bits per heavy atom. The predicted molar refractivity (Wildman–Crippen MR) is 30.5 cm³/mol. The van der Waals surface area contributed by atoms with E-state index in [-0.39, 0.29) is 5.92 Å². The van der Waals surface area contributed by atoms with Gasteiger partial charge in [-0.05, 0) is 18.8 Å². The van der Waals surface area contributed by atoms with Gasteiger partial charge in [0.15, 0.2) is 5.13 Å². The standard InChI is InChI=1S/C6H8ClF/c7-6(8)3-5(6)4-1-2-4/h4-5H,1-3H2. The molecule has 0 aliphatic heterocycles. The number of rotatable bonds is 1. The average molecular weight is 135 g/mol. The fourth-order valence-corrected chi connectivity index (χ4v) is 1.59. The van der Waals surface area contributed by atoms with E-state index in [0.717, 1.165) is 0 Å². The Bertz CT molecular complexity index is 118. The Labute approximate surface area is 53.0 Å². The third-order valence-electron chi connectivity index (χ3n) is 2.07.